The average Bonchev–Trinajstić information content (AvgIpc) is 2.55. The number of nitrogens with one attached hydrogen (secondary N) is 1. The first-order valence-corrected chi connectivity index (χ1v) is 6.57. The van der Waals surface area contributed by atoms with E-state index < -0.39 is 0 Å². The molecular formula is C17H14N2O2. The fraction of sp³-hybridized carbons (Fsp3) is 0.0588. The number of pyridine rings is 1. The lowest BCUT2D eigenvalue weighted by Gasteiger charge is -2.08. The zero-order valence-corrected chi connectivity index (χ0v) is 11.5. The molecule has 1 amide bonds. The van der Waals surface area contributed by atoms with Crippen LogP contribution in [0.15, 0.2) is 60.8 Å². The predicted molar refractivity (Wildman–Crippen MR) is 82.7 cm³/mol. The maximum Gasteiger partial charge on any atom is 0.256 e. The van der Waals surface area contributed by atoms with Crippen molar-refractivity contribution >= 4 is 22.5 Å². The van der Waals surface area contributed by atoms with Gasteiger partial charge in [-0.25, -0.2) is 4.98 Å². The number of carbonyl (C=O) groups is 1. The molecule has 3 aromatic rings. The van der Waals surface area contributed by atoms with Crippen molar-refractivity contribution in [2.45, 2.75) is 0 Å². The van der Waals surface area contributed by atoms with Gasteiger partial charge in [0, 0.05) is 17.1 Å². The number of hydrogen-bond donors (Lipinski definition) is 1. The van der Waals surface area contributed by atoms with Gasteiger partial charge >= 0.3 is 0 Å². The molecule has 0 aliphatic heterocycles. The van der Waals surface area contributed by atoms with E-state index >= 15 is 0 Å². The number of fused-ring (bicyclic) bond motifs is 1. The van der Waals surface area contributed by atoms with Crippen molar-refractivity contribution in [1.82, 2.24) is 4.98 Å². The summed E-state index contributed by atoms with van der Waals surface area (Å²) in [7, 11) is 1.57. The van der Waals surface area contributed by atoms with Gasteiger partial charge in [0.1, 0.15) is 11.6 Å². The average molecular weight is 278 g/mol. The molecule has 2 aromatic carbocycles. The van der Waals surface area contributed by atoms with E-state index in [1.165, 1.54) is 0 Å². The minimum Gasteiger partial charge on any atom is -0.497 e. The molecule has 0 unspecified atom stereocenters. The minimum atomic E-state index is -0.210. The predicted octanol–water partition coefficient (Wildman–Crippen LogP) is 3.50. The highest BCUT2D eigenvalue weighted by atomic mass is 16.5. The number of methoxy groups -OCH3 is 1. The van der Waals surface area contributed by atoms with Crippen molar-refractivity contribution < 1.29 is 9.53 Å². The number of amides is 1. The van der Waals surface area contributed by atoms with Crippen LogP contribution in [0, 0.1) is 0 Å². The van der Waals surface area contributed by atoms with Crippen molar-refractivity contribution in [3.8, 4) is 5.75 Å². The second-order valence-electron chi connectivity index (χ2n) is 4.57. The first-order chi connectivity index (χ1) is 10.3. The molecule has 0 atom stereocenters. The normalized spacial score (nSPS) is 10.3. The molecule has 4 heteroatoms. The van der Waals surface area contributed by atoms with Gasteiger partial charge in [-0.3, -0.25) is 4.79 Å². The smallest absolute Gasteiger partial charge is 0.256 e. The molecule has 104 valence electrons. The topological polar surface area (TPSA) is 51.2 Å². The summed E-state index contributed by atoms with van der Waals surface area (Å²) < 4.78 is 5.13. The van der Waals surface area contributed by atoms with E-state index in [2.05, 4.69) is 10.3 Å². The fourth-order valence-electron chi connectivity index (χ4n) is 2.16. The summed E-state index contributed by atoms with van der Waals surface area (Å²) >= 11 is 0. The van der Waals surface area contributed by atoms with Crippen LogP contribution in [0.25, 0.3) is 10.8 Å². The van der Waals surface area contributed by atoms with Crippen LogP contribution in [-0.4, -0.2) is 18.0 Å². The van der Waals surface area contributed by atoms with Crippen LogP contribution in [0.4, 0.5) is 5.82 Å². The van der Waals surface area contributed by atoms with E-state index in [1.807, 2.05) is 30.3 Å². The zero-order chi connectivity index (χ0) is 14.7. The Hall–Kier alpha value is -2.88. The lowest BCUT2D eigenvalue weighted by molar-refractivity contribution is 0.102. The lowest BCUT2D eigenvalue weighted by atomic mass is 10.1. The Balaban J connectivity index is 1.93. The van der Waals surface area contributed by atoms with Crippen molar-refractivity contribution in [2.24, 2.45) is 0 Å². The van der Waals surface area contributed by atoms with Crippen LogP contribution < -0.4 is 10.1 Å². The summed E-state index contributed by atoms with van der Waals surface area (Å²) in [5.74, 6) is 0.993. The van der Waals surface area contributed by atoms with Gasteiger partial charge in [-0.2, -0.15) is 0 Å². The molecule has 0 saturated heterocycles. The van der Waals surface area contributed by atoms with E-state index in [-0.39, 0.29) is 5.91 Å². The highest BCUT2D eigenvalue weighted by molar-refractivity contribution is 6.08. The highest BCUT2D eigenvalue weighted by Gasteiger charge is 2.09. The van der Waals surface area contributed by atoms with Crippen molar-refractivity contribution in [3.05, 3.63) is 66.4 Å². The van der Waals surface area contributed by atoms with Gasteiger partial charge in [-0.15, -0.1) is 0 Å². The lowest BCUT2D eigenvalue weighted by Crippen LogP contribution is -2.13. The molecule has 0 radical (unpaired) electrons. The van der Waals surface area contributed by atoms with Crippen LogP contribution in [0.1, 0.15) is 10.4 Å². The third-order valence-electron chi connectivity index (χ3n) is 3.24. The monoisotopic (exact) mass is 278 g/mol. The van der Waals surface area contributed by atoms with Crippen molar-refractivity contribution in [3.63, 3.8) is 0 Å². The Bertz CT molecular complexity index is 794. The number of carbonyl (C=O) groups excluding carboxylic acids is 1. The summed E-state index contributed by atoms with van der Waals surface area (Å²) in [4.78, 5) is 16.6. The number of ether oxygens (including phenoxy) is 1. The van der Waals surface area contributed by atoms with Crippen LogP contribution in [0.2, 0.25) is 0 Å². The van der Waals surface area contributed by atoms with Gasteiger partial charge in [0.15, 0.2) is 0 Å². The molecule has 0 aliphatic rings. The number of hydrogen-bond acceptors (Lipinski definition) is 3. The Morgan fingerprint density at radius 1 is 1.10 bits per heavy atom. The molecular weight excluding hydrogens is 264 g/mol. The van der Waals surface area contributed by atoms with E-state index in [9.17, 15) is 4.79 Å². The fourth-order valence-corrected chi connectivity index (χ4v) is 2.16. The van der Waals surface area contributed by atoms with Gasteiger partial charge in [0.05, 0.1) is 7.11 Å². The maximum absolute atomic E-state index is 12.3. The molecule has 3 rings (SSSR count). The molecule has 0 bridgehead atoms. The second-order valence-corrected chi connectivity index (χ2v) is 4.57. The highest BCUT2D eigenvalue weighted by Crippen LogP contribution is 2.21. The number of nitrogens with zero attached hydrogens (tertiary/aromatic N) is 1. The molecule has 21 heavy (non-hydrogen) atoms. The standard InChI is InChI=1S/C17H14N2O2/c1-21-14-7-4-6-13(11-14)17(20)19-16-15-8-3-2-5-12(15)9-10-18-16/h2-11H,1H3,(H,18,19,20). The number of anilines is 1. The van der Waals surface area contributed by atoms with Crippen LogP contribution in [-0.2, 0) is 0 Å². The summed E-state index contributed by atoms with van der Waals surface area (Å²) in [5, 5.41) is 4.80. The third kappa shape index (κ3) is 2.69. The first-order valence-electron chi connectivity index (χ1n) is 6.57. The molecule has 1 N–H and O–H groups in total. The molecule has 0 saturated carbocycles. The number of rotatable bonds is 3. The zero-order valence-electron chi connectivity index (χ0n) is 11.5. The quantitative estimate of drug-likeness (QED) is 0.797. The maximum atomic E-state index is 12.3. The number of aromatic nitrogens is 1. The van der Waals surface area contributed by atoms with Crippen LogP contribution >= 0.6 is 0 Å². The second kappa shape index (κ2) is 5.63. The van der Waals surface area contributed by atoms with Gasteiger partial charge in [-0.05, 0) is 29.7 Å². The Morgan fingerprint density at radius 2 is 1.95 bits per heavy atom. The molecule has 0 aliphatic carbocycles. The number of benzene rings is 2. The van der Waals surface area contributed by atoms with Gasteiger partial charge in [-0.1, -0.05) is 30.3 Å². The summed E-state index contributed by atoms with van der Waals surface area (Å²) in [5.41, 5.74) is 0.532. The van der Waals surface area contributed by atoms with E-state index in [1.54, 1.807) is 37.6 Å². The van der Waals surface area contributed by atoms with Crippen molar-refractivity contribution in [2.75, 3.05) is 12.4 Å². The van der Waals surface area contributed by atoms with Crippen LogP contribution in [0.3, 0.4) is 0 Å². The van der Waals surface area contributed by atoms with E-state index in [0.29, 0.717) is 17.1 Å². The SMILES string of the molecule is COc1cccc(C(=O)Nc2nccc3ccccc23)c1. The van der Waals surface area contributed by atoms with Gasteiger partial charge < -0.3 is 10.1 Å². The largest absolute Gasteiger partial charge is 0.497 e. The molecule has 0 fully saturated rings. The molecule has 0 spiro atoms. The van der Waals surface area contributed by atoms with E-state index in [0.717, 1.165) is 10.8 Å². The first kappa shape index (κ1) is 13.1. The Morgan fingerprint density at radius 3 is 2.81 bits per heavy atom. The molecule has 1 aromatic heterocycles. The van der Waals surface area contributed by atoms with E-state index in [4.69, 9.17) is 4.74 Å². The summed E-state index contributed by atoms with van der Waals surface area (Å²) in [6.07, 6.45) is 1.68. The Kier molecular flexibility index (Phi) is 3.51. The van der Waals surface area contributed by atoms with Gasteiger partial charge in [0.25, 0.3) is 5.91 Å². The minimum absolute atomic E-state index is 0.210. The molecule has 4 nitrogen and oxygen atoms in total. The summed E-state index contributed by atoms with van der Waals surface area (Å²) in [6.45, 7) is 0. The Labute approximate surface area is 122 Å². The van der Waals surface area contributed by atoms with Crippen LogP contribution in [0.5, 0.6) is 5.75 Å². The summed E-state index contributed by atoms with van der Waals surface area (Å²) in [6, 6.07) is 16.7. The molecule has 1 heterocycles. The van der Waals surface area contributed by atoms with Gasteiger partial charge in [0.2, 0.25) is 0 Å². The van der Waals surface area contributed by atoms with Crippen molar-refractivity contribution in [1.29, 1.82) is 0 Å². The third-order valence-corrected chi connectivity index (χ3v) is 3.24.